The quantitative estimate of drug-likeness (QED) is 0.727. The van der Waals surface area contributed by atoms with Crippen LogP contribution >= 0.6 is 0 Å². The Hall–Kier alpha value is -2.17. The number of benzene rings is 2. The van der Waals surface area contributed by atoms with Crippen LogP contribution in [-0.4, -0.2) is 42.0 Å². The van der Waals surface area contributed by atoms with E-state index in [2.05, 4.69) is 84.7 Å². The van der Waals surface area contributed by atoms with Gasteiger partial charge in [-0.2, -0.15) is 0 Å². The van der Waals surface area contributed by atoms with Crippen LogP contribution in [0.1, 0.15) is 31.4 Å². The Morgan fingerprint density at radius 3 is 2.16 bits per heavy atom. The van der Waals surface area contributed by atoms with Crippen molar-refractivity contribution in [3.8, 4) is 0 Å². The van der Waals surface area contributed by atoms with Gasteiger partial charge in [0.1, 0.15) is 5.54 Å². The lowest BCUT2D eigenvalue weighted by Crippen LogP contribution is -2.80. The summed E-state index contributed by atoms with van der Waals surface area (Å²) in [5.74, 6) is 1.56. The molecule has 0 radical (unpaired) electrons. The van der Waals surface area contributed by atoms with Crippen molar-refractivity contribution in [2.75, 3.05) is 19.6 Å². The van der Waals surface area contributed by atoms with Gasteiger partial charge in [0.05, 0.1) is 0 Å². The summed E-state index contributed by atoms with van der Waals surface area (Å²) in [6.45, 7) is 7.68. The maximum absolute atomic E-state index is 13.3. The molecule has 2 aromatic carbocycles. The molecule has 3 heterocycles. The van der Waals surface area contributed by atoms with Gasteiger partial charge in [-0.3, -0.25) is 9.69 Å². The SMILES string of the molecule is CC(C)CN1CC2CC3(C(N)=O)NCC2C1C3(Cc1ccccc1)Cc1ccccc1. The second kappa shape index (κ2) is 7.75. The fraction of sp³-hybridized carbons (Fsp3) is 0.519. The Morgan fingerprint density at radius 1 is 1.06 bits per heavy atom. The van der Waals surface area contributed by atoms with E-state index in [1.54, 1.807) is 0 Å². The molecule has 3 N–H and O–H groups in total. The molecule has 3 saturated heterocycles. The number of hydrogen-bond acceptors (Lipinski definition) is 3. The highest BCUT2D eigenvalue weighted by Gasteiger charge is 2.71. The fourth-order valence-corrected chi connectivity index (χ4v) is 7.31. The number of carbonyl (C=O) groups excluding carboxylic acids is 1. The Labute approximate surface area is 186 Å². The van der Waals surface area contributed by atoms with Gasteiger partial charge in [-0.05, 0) is 48.1 Å². The van der Waals surface area contributed by atoms with E-state index in [4.69, 9.17) is 5.73 Å². The predicted molar refractivity (Wildman–Crippen MR) is 124 cm³/mol. The highest BCUT2D eigenvalue weighted by Crippen LogP contribution is 2.60. The van der Waals surface area contributed by atoms with E-state index in [1.807, 2.05) is 0 Å². The van der Waals surface area contributed by atoms with Gasteiger partial charge in [0.15, 0.2) is 0 Å². The average Bonchev–Trinajstić information content (AvgIpc) is 3.06. The van der Waals surface area contributed by atoms with Crippen molar-refractivity contribution in [2.24, 2.45) is 28.9 Å². The van der Waals surface area contributed by atoms with Crippen LogP contribution in [0, 0.1) is 23.2 Å². The topological polar surface area (TPSA) is 58.4 Å². The first-order valence-electron chi connectivity index (χ1n) is 11.8. The summed E-state index contributed by atoms with van der Waals surface area (Å²) in [7, 11) is 0. The number of primary amides is 1. The van der Waals surface area contributed by atoms with Gasteiger partial charge in [-0.1, -0.05) is 74.5 Å². The minimum Gasteiger partial charge on any atom is -0.368 e. The van der Waals surface area contributed by atoms with Gasteiger partial charge in [0.25, 0.3) is 0 Å². The summed E-state index contributed by atoms with van der Waals surface area (Å²) in [5.41, 5.74) is 7.94. The Morgan fingerprint density at radius 2 is 1.65 bits per heavy atom. The summed E-state index contributed by atoms with van der Waals surface area (Å²) >= 11 is 0. The van der Waals surface area contributed by atoms with Gasteiger partial charge < -0.3 is 11.1 Å². The van der Waals surface area contributed by atoms with E-state index >= 15 is 0 Å². The van der Waals surface area contributed by atoms with Gasteiger partial charge in [0, 0.05) is 31.1 Å². The van der Waals surface area contributed by atoms with Crippen LogP contribution in [0.5, 0.6) is 0 Å². The maximum atomic E-state index is 13.3. The molecule has 4 unspecified atom stereocenters. The van der Waals surface area contributed by atoms with Crippen LogP contribution < -0.4 is 11.1 Å². The molecule has 1 amide bonds. The van der Waals surface area contributed by atoms with Crippen molar-refractivity contribution in [3.63, 3.8) is 0 Å². The van der Waals surface area contributed by atoms with E-state index in [9.17, 15) is 4.79 Å². The summed E-state index contributed by atoms with van der Waals surface area (Å²) in [6, 6.07) is 21.8. The summed E-state index contributed by atoms with van der Waals surface area (Å²) in [6.07, 6.45) is 2.58. The number of fused-ring (bicyclic) bond motifs is 1. The average molecular weight is 418 g/mol. The lowest BCUT2D eigenvalue weighted by atomic mass is 9.47. The molecule has 31 heavy (non-hydrogen) atoms. The molecule has 4 fully saturated rings. The molecule has 4 atom stereocenters. The highest BCUT2D eigenvalue weighted by atomic mass is 16.1. The van der Waals surface area contributed by atoms with E-state index < -0.39 is 5.54 Å². The molecular formula is C27H35N3O. The molecule has 6 rings (SSSR count). The monoisotopic (exact) mass is 417 g/mol. The van der Waals surface area contributed by atoms with Crippen LogP contribution in [0.2, 0.25) is 0 Å². The third-order valence-corrected chi connectivity index (χ3v) is 8.24. The molecule has 4 bridgehead atoms. The van der Waals surface area contributed by atoms with E-state index in [0.29, 0.717) is 23.8 Å². The third-order valence-electron chi connectivity index (χ3n) is 8.24. The molecular weight excluding hydrogens is 382 g/mol. The zero-order valence-electron chi connectivity index (χ0n) is 18.8. The number of amides is 1. The smallest absolute Gasteiger partial charge is 0.238 e. The Kier molecular flexibility index (Phi) is 5.18. The number of carbonyl (C=O) groups is 1. The Balaban J connectivity index is 1.68. The molecule has 164 valence electrons. The van der Waals surface area contributed by atoms with Crippen LogP contribution in [0.25, 0.3) is 0 Å². The summed E-state index contributed by atoms with van der Waals surface area (Å²) in [4.78, 5) is 16.0. The number of nitrogens with two attached hydrogens (primary N) is 1. The number of hydrogen-bond donors (Lipinski definition) is 2. The zero-order valence-corrected chi connectivity index (χ0v) is 18.8. The number of piperidine rings is 2. The van der Waals surface area contributed by atoms with Crippen LogP contribution in [0.4, 0.5) is 0 Å². The number of nitrogens with one attached hydrogen (secondary N) is 1. The van der Waals surface area contributed by atoms with Crippen LogP contribution in [0.15, 0.2) is 60.7 Å². The standard InChI is InChI=1S/C27H35N3O/c1-19(2)17-30-18-22-15-27(25(28)31)26(24(30)23(22)16-29-27,13-20-9-5-3-6-10-20)14-21-11-7-4-8-12-21/h3-12,19,22-24,29H,13-18H2,1-2H3,(H2,28,31). The minimum atomic E-state index is -0.672. The predicted octanol–water partition coefficient (Wildman–Crippen LogP) is 3.26. The second-order valence-corrected chi connectivity index (χ2v) is 10.6. The van der Waals surface area contributed by atoms with E-state index in [-0.39, 0.29) is 11.3 Å². The first-order valence-corrected chi connectivity index (χ1v) is 11.8. The van der Waals surface area contributed by atoms with Gasteiger partial charge in [-0.15, -0.1) is 0 Å². The van der Waals surface area contributed by atoms with Crippen molar-refractivity contribution in [2.45, 2.75) is 44.7 Å². The Bertz CT molecular complexity index is 887. The zero-order chi connectivity index (χ0) is 21.6. The molecule has 0 spiro atoms. The normalized spacial score (nSPS) is 31.3. The molecule has 2 aromatic rings. The number of rotatable bonds is 7. The van der Waals surface area contributed by atoms with Crippen molar-refractivity contribution in [1.29, 1.82) is 0 Å². The molecule has 4 aliphatic rings. The van der Waals surface area contributed by atoms with E-state index in [1.165, 1.54) is 11.1 Å². The highest BCUT2D eigenvalue weighted by molar-refractivity contribution is 5.87. The summed E-state index contributed by atoms with van der Waals surface area (Å²) < 4.78 is 0. The largest absolute Gasteiger partial charge is 0.368 e. The molecule has 1 saturated carbocycles. The summed E-state index contributed by atoms with van der Waals surface area (Å²) in [5, 5.41) is 3.74. The van der Waals surface area contributed by atoms with Crippen LogP contribution in [-0.2, 0) is 17.6 Å². The maximum Gasteiger partial charge on any atom is 0.238 e. The molecule has 4 heteroatoms. The molecule has 1 aliphatic carbocycles. The van der Waals surface area contributed by atoms with Crippen molar-refractivity contribution >= 4 is 5.91 Å². The van der Waals surface area contributed by atoms with Gasteiger partial charge in [-0.25, -0.2) is 0 Å². The van der Waals surface area contributed by atoms with Crippen molar-refractivity contribution in [1.82, 2.24) is 10.2 Å². The second-order valence-electron chi connectivity index (χ2n) is 10.6. The van der Waals surface area contributed by atoms with Crippen molar-refractivity contribution < 1.29 is 4.79 Å². The third kappa shape index (κ3) is 3.23. The lowest BCUT2D eigenvalue weighted by molar-refractivity contribution is -0.148. The first-order chi connectivity index (χ1) is 14.9. The number of nitrogens with zero attached hydrogens (tertiary/aromatic N) is 1. The first kappa shape index (κ1) is 20.7. The number of likely N-dealkylation sites (tertiary alicyclic amines) is 1. The fourth-order valence-electron chi connectivity index (χ4n) is 7.31. The van der Waals surface area contributed by atoms with Crippen LogP contribution in [0.3, 0.4) is 0 Å². The minimum absolute atomic E-state index is 0.168. The molecule has 4 nitrogen and oxygen atoms in total. The van der Waals surface area contributed by atoms with Crippen molar-refractivity contribution in [3.05, 3.63) is 71.8 Å². The molecule has 3 aliphatic heterocycles. The lowest BCUT2D eigenvalue weighted by Gasteiger charge is -2.63. The molecule has 0 aromatic heterocycles. The van der Waals surface area contributed by atoms with Gasteiger partial charge in [0.2, 0.25) is 5.91 Å². The van der Waals surface area contributed by atoms with E-state index in [0.717, 1.165) is 38.9 Å². The van der Waals surface area contributed by atoms with Gasteiger partial charge >= 0.3 is 0 Å².